The first-order chi connectivity index (χ1) is 8.66. The minimum Gasteiger partial charge on any atom is -0.0622 e. The Kier molecular flexibility index (Phi) is 3.21. The minimum absolute atomic E-state index is 0.665. The van der Waals surface area contributed by atoms with Crippen LogP contribution in [-0.2, 0) is 6.42 Å². The lowest BCUT2D eigenvalue weighted by atomic mass is 9.64. The summed E-state index contributed by atoms with van der Waals surface area (Å²) in [6.07, 6.45) is 7.08. The molecule has 2 aliphatic carbocycles. The maximum Gasteiger partial charge on any atom is -0.0128 e. The van der Waals surface area contributed by atoms with Gasteiger partial charge < -0.3 is 0 Å². The summed E-state index contributed by atoms with van der Waals surface area (Å²) < 4.78 is 0. The predicted molar refractivity (Wildman–Crippen MR) is 78.1 cm³/mol. The Labute approximate surface area is 112 Å². The average Bonchev–Trinajstić information content (AvgIpc) is 2.38. The maximum atomic E-state index is 2.50. The first-order valence-electron chi connectivity index (χ1n) is 7.79. The van der Waals surface area contributed by atoms with Gasteiger partial charge in [-0.05, 0) is 59.6 Å². The van der Waals surface area contributed by atoms with Gasteiger partial charge in [0, 0.05) is 0 Å². The van der Waals surface area contributed by atoms with Gasteiger partial charge in [-0.2, -0.15) is 0 Å². The third-order valence-electron chi connectivity index (χ3n) is 5.40. The van der Waals surface area contributed by atoms with E-state index < -0.39 is 0 Å². The van der Waals surface area contributed by atoms with Crippen LogP contribution in [0.15, 0.2) is 18.2 Å². The highest BCUT2D eigenvalue weighted by Crippen LogP contribution is 2.47. The normalized spacial score (nSPS) is 31.0. The lowest BCUT2D eigenvalue weighted by Crippen LogP contribution is -2.29. The van der Waals surface area contributed by atoms with Crippen molar-refractivity contribution >= 4 is 0 Å². The van der Waals surface area contributed by atoms with Crippen LogP contribution in [0.25, 0.3) is 0 Å². The smallest absolute Gasteiger partial charge is 0.0128 e. The Morgan fingerprint density at radius 3 is 2.72 bits per heavy atom. The van der Waals surface area contributed by atoms with Gasteiger partial charge in [-0.1, -0.05) is 51.8 Å². The highest BCUT2D eigenvalue weighted by molar-refractivity contribution is 5.38. The van der Waals surface area contributed by atoms with Crippen molar-refractivity contribution in [3.8, 4) is 0 Å². The molecular weight excluding hydrogens is 216 g/mol. The molecule has 1 fully saturated rings. The molecule has 0 heteroatoms. The summed E-state index contributed by atoms with van der Waals surface area (Å²) in [4.78, 5) is 0. The molecule has 0 amide bonds. The van der Waals surface area contributed by atoms with Gasteiger partial charge in [0.2, 0.25) is 0 Å². The summed E-state index contributed by atoms with van der Waals surface area (Å²) in [6, 6.07) is 7.33. The summed E-state index contributed by atoms with van der Waals surface area (Å²) in [5.41, 5.74) is 4.88. The zero-order valence-corrected chi connectivity index (χ0v) is 12.1. The second-order valence-electron chi connectivity index (χ2n) is 6.83. The lowest BCUT2D eigenvalue weighted by molar-refractivity contribution is 0.195. The molecule has 0 spiro atoms. The van der Waals surface area contributed by atoms with Crippen molar-refractivity contribution in [2.45, 2.75) is 64.7 Å². The lowest BCUT2D eigenvalue weighted by Gasteiger charge is -2.41. The van der Waals surface area contributed by atoms with E-state index >= 15 is 0 Å². The maximum absolute atomic E-state index is 2.50. The van der Waals surface area contributed by atoms with Crippen LogP contribution in [0.2, 0.25) is 0 Å². The first-order valence-corrected chi connectivity index (χ1v) is 7.79. The van der Waals surface area contributed by atoms with Crippen LogP contribution < -0.4 is 0 Å². The van der Waals surface area contributed by atoms with Crippen LogP contribution in [0.4, 0.5) is 0 Å². The van der Waals surface area contributed by atoms with Gasteiger partial charge in [-0.3, -0.25) is 0 Å². The van der Waals surface area contributed by atoms with Crippen molar-refractivity contribution in [1.82, 2.24) is 0 Å². The van der Waals surface area contributed by atoms with Crippen LogP contribution in [0.3, 0.4) is 0 Å². The molecule has 3 rings (SSSR count). The zero-order chi connectivity index (χ0) is 12.7. The number of fused-ring (bicyclic) bond motifs is 3. The minimum atomic E-state index is 0.665. The third-order valence-corrected chi connectivity index (χ3v) is 5.40. The molecule has 0 N–H and O–H groups in total. The van der Waals surface area contributed by atoms with E-state index in [2.05, 4.69) is 39.0 Å². The molecule has 2 aliphatic rings. The molecule has 1 aromatic carbocycles. The molecule has 3 unspecified atom stereocenters. The standard InChI is InChI=1S/C18H26/c1-12(2)14-7-10-17-15(11-14)8-9-16-13(3)5-4-6-18(16)17/h7,10-13,16,18H,4-6,8-9H2,1-3H3. The fourth-order valence-corrected chi connectivity index (χ4v) is 4.24. The highest BCUT2D eigenvalue weighted by atomic mass is 14.4. The number of hydrogen-bond donors (Lipinski definition) is 0. The third kappa shape index (κ3) is 2.00. The van der Waals surface area contributed by atoms with E-state index in [-0.39, 0.29) is 0 Å². The van der Waals surface area contributed by atoms with Gasteiger partial charge in [0.1, 0.15) is 0 Å². The van der Waals surface area contributed by atoms with Crippen LogP contribution in [-0.4, -0.2) is 0 Å². The molecule has 0 bridgehead atoms. The Morgan fingerprint density at radius 2 is 1.94 bits per heavy atom. The van der Waals surface area contributed by atoms with Crippen LogP contribution in [0.5, 0.6) is 0 Å². The van der Waals surface area contributed by atoms with Gasteiger partial charge in [-0.15, -0.1) is 0 Å². The fraction of sp³-hybridized carbons (Fsp3) is 0.667. The molecule has 0 radical (unpaired) electrons. The summed E-state index contributed by atoms with van der Waals surface area (Å²) in [7, 11) is 0. The summed E-state index contributed by atoms with van der Waals surface area (Å²) in [6.45, 7) is 7.08. The Morgan fingerprint density at radius 1 is 1.11 bits per heavy atom. The highest BCUT2D eigenvalue weighted by Gasteiger charge is 2.35. The largest absolute Gasteiger partial charge is 0.0622 e. The van der Waals surface area contributed by atoms with Crippen LogP contribution in [0.1, 0.15) is 75.0 Å². The van der Waals surface area contributed by atoms with Gasteiger partial charge >= 0.3 is 0 Å². The molecule has 0 aromatic heterocycles. The number of hydrogen-bond acceptors (Lipinski definition) is 0. The first kappa shape index (κ1) is 12.3. The molecule has 3 atom stereocenters. The summed E-state index contributed by atoms with van der Waals surface area (Å²) in [5, 5.41) is 0. The van der Waals surface area contributed by atoms with Gasteiger partial charge in [-0.25, -0.2) is 0 Å². The quantitative estimate of drug-likeness (QED) is 0.629. The van der Waals surface area contributed by atoms with Crippen molar-refractivity contribution in [3.05, 3.63) is 34.9 Å². The second-order valence-corrected chi connectivity index (χ2v) is 6.83. The summed E-state index contributed by atoms with van der Waals surface area (Å²) >= 11 is 0. The van der Waals surface area contributed by atoms with Gasteiger partial charge in [0.25, 0.3) is 0 Å². The van der Waals surface area contributed by atoms with Crippen LogP contribution in [0, 0.1) is 11.8 Å². The average molecular weight is 242 g/mol. The van der Waals surface area contributed by atoms with E-state index in [0.717, 1.165) is 17.8 Å². The van der Waals surface area contributed by atoms with Crippen molar-refractivity contribution in [1.29, 1.82) is 0 Å². The zero-order valence-electron chi connectivity index (χ0n) is 12.1. The molecule has 98 valence electrons. The number of rotatable bonds is 1. The molecule has 1 saturated carbocycles. The van der Waals surface area contributed by atoms with E-state index in [0.29, 0.717) is 5.92 Å². The Bertz CT molecular complexity index is 430. The second kappa shape index (κ2) is 4.72. The molecular formula is C18H26. The molecule has 18 heavy (non-hydrogen) atoms. The SMILES string of the molecule is CC(C)c1ccc2c(c1)CCC1C(C)CCCC21. The van der Waals surface area contributed by atoms with E-state index in [1.165, 1.54) is 37.7 Å². The Hall–Kier alpha value is -0.780. The van der Waals surface area contributed by atoms with Gasteiger partial charge in [0.15, 0.2) is 0 Å². The molecule has 0 aliphatic heterocycles. The fourth-order valence-electron chi connectivity index (χ4n) is 4.24. The van der Waals surface area contributed by atoms with Crippen molar-refractivity contribution < 1.29 is 0 Å². The monoisotopic (exact) mass is 242 g/mol. The Balaban J connectivity index is 1.95. The summed E-state index contributed by atoms with van der Waals surface area (Å²) in [5.74, 6) is 3.45. The van der Waals surface area contributed by atoms with E-state index in [4.69, 9.17) is 0 Å². The van der Waals surface area contributed by atoms with Crippen molar-refractivity contribution in [2.24, 2.45) is 11.8 Å². The van der Waals surface area contributed by atoms with E-state index in [9.17, 15) is 0 Å². The number of benzene rings is 1. The van der Waals surface area contributed by atoms with Crippen molar-refractivity contribution in [2.75, 3.05) is 0 Å². The molecule has 0 saturated heterocycles. The molecule has 0 nitrogen and oxygen atoms in total. The van der Waals surface area contributed by atoms with Gasteiger partial charge in [0.05, 0.1) is 0 Å². The van der Waals surface area contributed by atoms with Crippen molar-refractivity contribution in [3.63, 3.8) is 0 Å². The molecule has 0 heterocycles. The predicted octanol–water partition coefficient (Wildman–Crippen LogP) is 5.28. The van der Waals surface area contributed by atoms with E-state index in [1.54, 1.807) is 11.1 Å². The molecule has 1 aromatic rings. The van der Waals surface area contributed by atoms with E-state index in [1.807, 2.05) is 0 Å². The number of aryl methyl sites for hydroxylation is 1. The topological polar surface area (TPSA) is 0 Å². The van der Waals surface area contributed by atoms with Crippen LogP contribution >= 0.6 is 0 Å².